The number of piperazine rings is 1. The second kappa shape index (κ2) is 7.16. The SMILES string of the molecule is Cc1cc(C)c2[nH]c(=O)c(C(=O)N3CCNC(=O)C3c3ccc(F)cc3)cc2c1. The number of halogens is 1. The van der Waals surface area contributed by atoms with Crippen molar-refractivity contribution in [2.24, 2.45) is 0 Å². The molecule has 0 saturated carbocycles. The Kier molecular flexibility index (Phi) is 4.66. The van der Waals surface area contributed by atoms with E-state index in [-0.39, 0.29) is 24.6 Å². The van der Waals surface area contributed by atoms with Gasteiger partial charge in [0.25, 0.3) is 11.5 Å². The quantitative estimate of drug-likeness (QED) is 0.702. The Hall–Kier alpha value is -3.48. The predicted molar refractivity (Wildman–Crippen MR) is 107 cm³/mol. The zero-order chi connectivity index (χ0) is 20.7. The number of amides is 2. The monoisotopic (exact) mass is 393 g/mol. The van der Waals surface area contributed by atoms with Gasteiger partial charge in [0.2, 0.25) is 5.91 Å². The molecule has 1 saturated heterocycles. The summed E-state index contributed by atoms with van der Waals surface area (Å²) >= 11 is 0. The number of nitrogens with zero attached hydrogens (tertiary/aromatic N) is 1. The summed E-state index contributed by atoms with van der Waals surface area (Å²) in [5.41, 5.74) is 2.58. The number of benzene rings is 2. The van der Waals surface area contributed by atoms with Gasteiger partial charge in [-0.05, 0) is 54.6 Å². The summed E-state index contributed by atoms with van der Waals surface area (Å²) in [5.74, 6) is -1.32. The molecule has 148 valence electrons. The Bertz CT molecular complexity index is 1180. The number of carbonyl (C=O) groups is 2. The Labute approximate surface area is 166 Å². The number of hydrogen-bond acceptors (Lipinski definition) is 3. The molecular weight excluding hydrogens is 373 g/mol. The van der Waals surface area contributed by atoms with Crippen molar-refractivity contribution in [3.63, 3.8) is 0 Å². The van der Waals surface area contributed by atoms with Crippen molar-refractivity contribution in [3.05, 3.63) is 80.9 Å². The molecule has 2 aromatic carbocycles. The van der Waals surface area contributed by atoms with Gasteiger partial charge >= 0.3 is 0 Å². The van der Waals surface area contributed by atoms with Crippen molar-refractivity contribution in [2.75, 3.05) is 13.1 Å². The van der Waals surface area contributed by atoms with Crippen LogP contribution in [0, 0.1) is 19.7 Å². The number of fused-ring (bicyclic) bond motifs is 1. The fraction of sp³-hybridized carbons (Fsp3) is 0.227. The molecule has 0 bridgehead atoms. The van der Waals surface area contributed by atoms with Crippen LogP contribution in [0.5, 0.6) is 0 Å². The standard InChI is InChI=1S/C22H20FN3O3/c1-12-9-13(2)18-15(10-12)11-17(20(27)25-18)22(29)26-8-7-24-21(28)19(26)14-3-5-16(23)6-4-14/h3-6,9-11,19H,7-8H2,1-2H3,(H,24,28)(H,25,27). The van der Waals surface area contributed by atoms with E-state index in [9.17, 15) is 18.8 Å². The van der Waals surface area contributed by atoms with Gasteiger partial charge in [-0.15, -0.1) is 0 Å². The van der Waals surface area contributed by atoms with E-state index in [0.29, 0.717) is 11.1 Å². The summed E-state index contributed by atoms with van der Waals surface area (Å²) in [7, 11) is 0. The molecule has 2 amide bonds. The fourth-order valence-corrected chi connectivity index (χ4v) is 3.86. The van der Waals surface area contributed by atoms with Gasteiger partial charge in [0, 0.05) is 13.1 Å². The topological polar surface area (TPSA) is 82.3 Å². The third-order valence-electron chi connectivity index (χ3n) is 5.18. The zero-order valence-corrected chi connectivity index (χ0v) is 16.1. The van der Waals surface area contributed by atoms with Crippen LogP contribution in [0.15, 0.2) is 47.3 Å². The second-order valence-corrected chi connectivity index (χ2v) is 7.30. The van der Waals surface area contributed by atoms with Gasteiger partial charge in [-0.1, -0.05) is 23.8 Å². The van der Waals surface area contributed by atoms with E-state index in [1.165, 1.54) is 29.2 Å². The van der Waals surface area contributed by atoms with Gasteiger partial charge in [0.1, 0.15) is 17.4 Å². The van der Waals surface area contributed by atoms with E-state index in [1.54, 1.807) is 6.07 Å². The summed E-state index contributed by atoms with van der Waals surface area (Å²) in [6, 6.07) is 9.94. The number of aryl methyl sites for hydroxylation is 2. The molecule has 7 heteroatoms. The lowest BCUT2D eigenvalue weighted by Gasteiger charge is -2.35. The van der Waals surface area contributed by atoms with Crippen molar-refractivity contribution in [1.82, 2.24) is 15.2 Å². The van der Waals surface area contributed by atoms with E-state index in [1.807, 2.05) is 26.0 Å². The number of nitrogens with one attached hydrogen (secondary N) is 2. The highest BCUT2D eigenvalue weighted by molar-refractivity contribution is 6.00. The maximum atomic E-state index is 13.3. The van der Waals surface area contributed by atoms with Crippen LogP contribution < -0.4 is 10.9 Å². The largest absolute Gasteiger partial charge is 0.352 e. The average Bonchev–Trinajstić information content (AvgIpc) is 2.68. The molecule has 3 aromatic rings. The lowest BCUT2D eigenvalue weighted by molar-refractivity contribution is -0.128. The minimum Gasteiger partial charge on any atom is -0.352 e. The lowest BCUT2D eigenvalue weighted by atomic mass is 10.0. The maximum Gasteiger partial charge on any atom is 0.261 e. The van der Waals surface area contributed by atoms with Crippen LogP contribution in [0.3, 0.4) is 0 Å². The van der Waals surface area contributed by atoms with Crippen molar-refractivity contribution >= 4 is 22.7 Å². The Morgan fingerprint density at radius 2 is 1.83 bits per heavy atom. The van der Waals surface area contributed by atoms with E-state index in [2.05, 4.69) is 10.3 Å². The molecule has 1 aromatic heterocycles. The highest BCUT2D eigenvalue weighted by Gasteiger charge is 2.35. The van der Waals surface area contributed by atoms with E-state index < -0.39 is 23.3 Å². The van der Waals surface area contributed by atoms with Crippen molar-refractivity contribution in [1.29, 1.82) is 0 Å². The predicted octanol–water partition coefficient (Wildman–Crippen LogP) is 2.60. The average molecular weight is 393 g/mol. The van der Waals surface area contributed by atoms with E-state index in [0.717, 1.165) is 16.5 Å². The minimum absolute atomic E-state index is 0.0238. The van der Waals surface area contributed by atoms with Gasteiger partial charge in [-0.2, -0.15) is 0 Å². The molecular formula is C22H20FN3O3. The van der Waals surface area contributed by atoms with Gasteiger partial charge in [0.05, 0.1) is 5.52 Å². The van der Waals surface area contributed by atoms with Gasteiger partial charge < -0.3 is 15.2 Å². The smallest absolute Gasteiger partial charge is 0.261 e. The van der Waals surface area contributed by atoms with Gasteiger partial charge in [-0.25, -0.2) is 4.39 Å². The van der Waals surface area contributed by atoms with Crippen LogP contribution in [0.4, 0.5) is 4.39 Å². The number of pyridine rings is 1. The molecule has 0 spiro atoms. The zero-order valence-electron chi connectivity index (χ0n) is 16.1. The molecule has 29 heavy (non-hydrogen) atoms. The number of carbonyl (C=O) groups excluding carboxylic acids is 2. The third-order valence-corrected chi connectivity index (χ3v) is 5.18. The Morgan fingerprint density at radius 1 is 1.10 bits per heavy atom. The van der Waals surface area contributed by atoms with Crippen LogP contribution in [0.25, 0.3) is 10.9 Å². The number of hydrogen-bond donors (Lipinski definition) is 2. The molecule has 0 aliphatic carbocycles. The molecule has 1 aliphatic heterocycles. The van der Waals surface area contributed by atoms with Crippen LogP contribution >= 0.6 is 0 Å². The van der Waals surface area contributed by atoms with Crippen molar-refractivity contribution in [2.45, 2.75) is 19.9 Å². The van der Waals surface area contributed by atoms with Crippen LogP contribution in [-0.2, 0) is 4.79 Å². The molecule has 1 aliphatic rings. The van der Waals surface area contributed by atoms with E-state index >= 15 is 0 Å². The molecule has 2 N–H and O–H groups in total. The van der Waals surface area contributed by atoms with E-state index in [4.69, 9.17) is 0 Å². The lowest BCUT2D eigenvalue weighted by Crippen LogP contribution is -2.52. The molecule has 2 heterocycles. The highest BCUT2D eigenvalue weighted by atomic mass is 19.1. The second-order valence-electron chi connectivity index (χ2n) is 7.30. The normalized spacial score (nSPS) is 16.7. The van der Waals surface area contributed by atoms with Gasteiger partial charge in [0.15, 0.2) is 0 Å². The summed E-state index contributed by atoms with van der Waals surface area (Å²) in [6.45, 7) is 4.37. The number of aromatic nitrogens is 1. The summed E-state index contributed by atoms with van der Waals surface area (Å²) in [5, 5.41) is 3.48. The Morgan fingerprint density at radius 3 is 2.55 bits per heavy atom. The summed E-state index contributed by atoms with van der Waals surface area (Å²) in [4.78, 5) is 42.6. The molecule has 4 rings (SSSR count). The highest BCUT2D eigenvalue weighted by Crippen LogP contribution is 2.26. The molecule has 1 atom stereocenters. The first-order chi connectivity index (χ1) is 13.8. The molecule has 0 radical (unpaired) electrons. The van der Waals surface area contributed by atoms with Crippen molar-refractivity contribution in [3.8, 4) is 0 Å². The minimum atomic E-state index is -0.925. The number of H-pyrrole nitrogens is 1. The summed E-state index contributed by atoms with van der Waals surface area (Å²) < 4.78 is 13.3. The molecule has 1 unspecified atom stereocenters. The first kappa shape index (κ1) is 18.9. The van der Waals surface area contributed by atoms with Crippen LogP contribution in [0.1, 0.15) is 33.1 Å². The molecule has 1 fully saturated rings. The third kappa shape index (κ3) is 3.40. The van der Waals surface area contributed by atoms with Crippen LogP contribution in [0.2, 0.25) is 0 Å². The van der Waals surface area contributed by atoms with Gasteiger partial charge in [-0.3, -0.25) is 14.4 Å². The number of aromatic amines is 1. The summed E-state index contributed by atoms with van der Waals surface area (Å²) in [6.07, 6.45) is 0. The fourth-order valence-electron chi connectivity index (χ4n) is 3.86. The first-order valence-electron chi connectivity index (χ1n) is 9.33. The number of rotatable bonds is 2. The van der Waals surface area contributed by atoms with Crippen molar-refractivity contribution < 1.29 is 14.0 Å². The first-order valence-corrected chi connectivity index (χ1v) is 9.33. The Balaban J connectivity index is 1.79. The van der Waals surface area contributed by atoms with Crippen LogP contribution in [-0.4, -0.2) is 34.8 Å². The maximum absolute atomic E-state index is 13.3. The molecule has 6 nitrogen and oxygen atoms in total.